The van der Waals surface area contributed by atoms with Crippen molar-refractivity contribution in [3.8, 4) is 5.88 Å². The molecule has 1 atom stereocenters. The Kier molecular flexibility index (Phi) is 4.90. The number of aromatic nitrogens is 1. The zero-order valence-electron chi connectivity index (χ0n) is 14.9. The Bertz CT molecular complexity index is 672. The highest BCUT2D eigenvalue weighted by Gasteiger charge is 2.46. The Hall–Kier alpha value is -1.83. The highest BCUT2D eigenvalue weighted by Crippen LogP contribution is 2.42. The van der Waals surface area contributed by atoms with E-state index < -0.39 is 23.0 Å². The Labute approximate surface area is 150 Å². The topological polar surface area (TPSA) is 63.2 Å². The van der Waals surface area contributed by atoms with Crippen LogP contribution in [0.1, 0.15) is 45.1 Å². The van der Waals surface area contributed by atoms with Crippen LogP contribution >= 0.6 is 0 Å². The minimum Gasteiger partial charge on any atom is -0.476 e. The van der Waals surface area contributed by atoms with E-state index >= 15 is 0 Å². The van der Waals surface area contributed by atoms with Crippen molar-refractivity contribution in [3.05, 3.63) is 23.9 Å². The van der Waals surface area contributed by atoms with Crippen LogP contribution in [0, 0.1) is 5.41 Å². The van der Waals surface area contributed by atoms with Crippen molar-refractivity contribution >= 4 is 5.91 Å². The Morgan fingerprint density at radius 3 is 2.81 bits per heavy atom. The average Bonchev–Trinajstić information content (AvgIpc) is 3.31. The van der Waals surface area contributed by atoms with Gasteiger partial charge in [-0.05, 0) is 58.2 Å². The Morgan fingerprint density at radius 2 is 2.15 bits per heavy atom. The van der Waals surface area contributed by atoms with Crippen LogP contribution in [0.15, 0.2) is 18.3 Å². The monoisotopic (exact) mass is 371 g/mol. The van der Waals surface area contributed by atoms with Gasteiger partial charge in [0.2, 0.25) is 11.8 Å². The normalized spacial score (nSPS) is 22.1. The lowest BCUT2D eigenvalue weighted by molar-refractivity contribution is -0.139. The van der Waals surface area contributed by atoms with Gasteiger partial charge in [0.25, 0.3) is 0 Å². The number of carbonyl (C=O) groups excluding carboxylic acids is 1. The molecule has 8 heteroatoms. The first-order valence-electron chi connectivity index (χ1n) is 8.82. The van der Waals surface area contributed by atoms with Gasteiger partial charge in [0.1, 0.15) is 12.2 Å². The fraction of sp³-hybridized carbons (Fsp3) is 0.667. The third kappa shape index (κ3) is 4.28. The van der Waals surface area contributed by atoms with E-state index in [1.54, 1.807) is 13.8 Å². The summed E-state index contributed by atoms with van der Waals surface area (Å²) in [5, 5.41) is 6.52. The summed E-state index contributed by atoms with van der Waals surface area (Å²) in [5.41, 5.74) is -1.72. The maximum Gasteiger partial charge on any atom is 0.421 e. The molecule has 1 aliphatic heterocycles. The van der Waals surface area contributed by atoms with Crippen LogP contribution in [-0.2, 0) is 11.0 Å². The van der Waals surface area contributed by atoms with E-state index in [0.717, 1.165) is 38.3 Å². The standard InChI is InChI=1S/C18H24F3N3O2/c1-16(2,11-26-14-13(18(19,20)21)4-3-8-22-14)15(25)24-12-5-9-23-17(10-12)6-7-17/h3-4,8,12,23H,5-7,9-11H2,1-2H3,(H,24,25). The minimum absolute atomic E-state index is 0.0890. The second kappa shape index (κ2) is 6.72. The number of pyridine rings is 1. The van der Waals surface area contributed by atoms with Gasteiger partial charge in [-0.25, -0.2) is 4.98 Å². The molecule has 2 aliphatic rings. The number of hydrogen-bond acceptors (Lipinski definition) is 4. The van der Waals surface area contributed by atoms with Gasteiger partial charge in [0.15, 0.2) is 0 Å². The van der Waals surface area contributed by atoms with Crippen LogP contribution in [0.3, 0.4) is 0 Å². The predicted octanol–water partition coefficient (Wildman–Crippen LogP) is 2.91. The molecule has 2 fully saturated rings. The molecule has 1 amide bonds. The molecule has 0 bridgehead atoms. The van der Waals surface area contributed by atoms with Gasteiger partial charge in [-0.3, -0.25) is 4.79 Å². The number of amides is 1. The number of alkyl halides is 3. The molecule has 1 unspecified atom stereocenters. The maximum atomic E-state index is 13.0. The summed E-state index contributed by atoms with van der Waals surface area (Å²) in [6.45, 7) is 4.00. The summed E-state index contributed by atoms with van der Waals surface area (Å²) in [5.74, 6) is -0.718. The molecule has 1 aliphatic carbocycles. The van der Waals surface area contributed by atoms with Crippen molar-refractivity contribution in [1.29, 1.82) is 0 Å². The maximum absolute atomic E-state index is 13.0. The fourth-order valence-corrected chi connectivity index (χ4v) is 3.23. The van der Waals surface area contributed by atoms with Crippen molar-refractivity contribution < 1.29 is 22.7 Å². The lowest BCUT2D eigenvalue weighted by atomic mass is 9.91. The number of nitrogens with one attached hydrogen (secondary N) is 2. The number of ether oxygens (including phenoxy) is 1. The van der Waals surface area contributed by atoms with Gasteiger partial charge < -0.3 is 15.4 Å². The molecule has 1 spiro atoms. The quantitative estimate of drug-likeness (QED) is 0.836. The molecule has 144 valence electrons. The molecule has 0 aromatic carbocycles. The summed E-state index contributed by atoms with van der Waals surface area (Å²) in [7, 11) is 0. The molecular weight excluding hydrogens is 347 g/mol. The SMILES string of the molecule is CC(C)(COc1ncccc1C(F)(F)F)C(=O)NC1CCNC2(CC2)C1. The Balaban J connectivity index is 1.59. The Morgan fingerprint density at radius 1 is 1.42 bits per heavy atom. The number of rotatable bonds is 5. The van der Waals surface area contributed by atoms with Crippen LogP contribution in [0.25, 0.3) is 0 Å². The lowest BCUT2D eigenvalue weighted by Crippen LogP contribution is -2.52. The first kappa shape index (κ1) is 18.9. The van der Waals surface area contributed by atoms with E-state index in [1.165, 1.54) is 12.3 Å². The van der Waals surface area contributed by atoms with Gasteiger partial charge in [0, 0.05) is 17.8 Å². The van der Waals surface area contributed by atoms with E-state index in [2.05, 4.69) is 15.6 Å². The van der Waals surface area contributed by atoms with Crippen molar-refractivity contribution in [2.24, 2.45) is 5.41 Å². The average molecular weight is 371 g/mol. The lowest BCUT2D eigenvalue weighted by Gasteiger charge is -2.33. The zero-order valence-corrected chi connectivity index (χ0v) is 14.9. The van der Waals surface area contributed by atoms with E-state index in [1.807, 2.05) is 0 Å². The van der Waals surface area contributed by atoms with Gasteiger partial charge in [0.05, 0.1) is 5.41 Å². The second-order valence-corrected chi connectivity index (χ2v) is 7.90. The van der Waals surface area contributed by atoms with Gasteiger partial charge in [-0.1, -0.05) is 0 Å². The number of halogens is 3. The zero-order chi connectivity index (χ0) is 19.0. The van der Waals surface area contributed by atoms with E-state index in [-0.39, 0.29) is 24.1 Å². The van der Waals surface area contributed by atoms with E-state index in [4.69, 9.17) is 4.74 Å². The molecule has 2 N–H and O–H groups in total. The number of piperidine rings is 1. The summed E-state index contributed by atoms with van der Waals surface area (Å²) < 4.78 is 44.3. The molecule has 0 radical (unpaired) electrons. The van der Waals surface area contributed by atoms with Gasteiger partial charge in [-0.15, -0.1) is 0 Å². The molecule has 5 nitrogen and oxygen atoms in total. The number of nitrogens with zero attached hydrogens (tertiary/aromatic N) is 1. The molecule has 3 rings (SSSR count). The van der Waals surface area contributed by atoms with Crippen LogP contribution in [0.4, 0.5) is 13.2 Å². The highest BCUT2D eigenvalue weighted by molar-refractivity contribution is 5.82. The van der Waals surface area contributed by atoms with Crippen molar-refractivity contribution in [3.63, 3.8) is 0 Å². The van der Waals surface area contributed by atoms with Crippen LogP contribution in [0.2, 0.25) is 0 Å². The summed E-state index contributed by atoms with van der Waals surface area (Å²) in [6.07, 6.45) is 0.694. The van der Waals surface area contributed by atoms with Crippen LogP contribution in [-0.4, -0.2) is 35.6 Å². The molecule has 1 saturated carbocycles. The highest BCUT2D eigenvalue weighted by atomic mass is 19.4. The molecule has 1 aromatic rings. The summed E-state index contributed by atoms with van der Waals surface area (Å²) >= 11 is 0. The first-order chi connectivity index (χ1) is 12.1. The molecule has 26 heavy (non-hydrogen) atoms. The van der Waals surface area contributed by atoms with Crippen molar-refractivity contribution in [1.82, 2.24) is 15.6 Å². The van der Waals surface area contributed by atoms with Gasteiger partial charge in [-0.2, -0.15) is 13.2 Å². The van der Waals surface area contributed by atoms with Crippen molar-refractivity contribution in [2.75, 3.05) is 13.2 Å². The first-order valence-corrected chi connectivity index (χ1v) is 8.82. The summed E-state index contributed by atoms with van der Waals surface area (Å²) in [6, 6.07) is 2.21. The number of hydrogen-bond donors (Lipinski definition) is 2. The minimum atomic E-state index is -4.55. The third-order valence-electron chi connectivity index (χ3n) is 5.08. The van der Waals surface area contributed by atoms with Gasteiger partial charge >= 0.3 is 6.18 Å². The third-order valence-corrected chi connectivity index (χ3v) is 5.08. The van der Waals surface area contributed by atoms with Crippen molar-refractivity contribution in [2.45, 2.75) is 57.3 Å². The second-order valence-electron chi connectivity index (χ2n) is 7.90. The molecular formula is C18H24F3N3O2. The molecule has 1 saturated heterocycles. The predicted molar refractivity (Wildman–Crippen MR) is 89.6 cm³/mol. The smallest absolute Gasteiger partial charge is 0.421 e. The van der Waals surface area contributed by atoms with Crippen LogP contribution in [0.5, 0.6) is 5.88 Å². The molecule has 1 aromatic heterocycles. The van der Waals surface area contributed by atoms with E-state index in [9.17, 15) is 18.0 Å². The fourth-order valence-electron chi connectivity index (χ4n) is 3.23. The van der Waals surface area contributed by atoms with E-state index in [0.29, 0.717) is 0 Å². The molecule has 2 heterocycles. The number of carbonyl (C=O) groups is 1. The largest absolute Gasteiger partial charge is 0.476 e. The summed E-state index contributed by atoms with van der Waals surface area (Å²) in [4.78, 5) is 16.3. The van der Waals surface area contributed by atoms with Crippen LogP contribution < -0.4 is 15.4 Å².